The Morgan fingerprint density at radius 1 is 1.33 bits per heavy atom. The molecule has 21 heavy (non-hydrogen) atoms. The van der Waals surface area contributed by atoms with Crippen LogP contribution in [0, 0.1) is 5.92 Å². The standard InChI is InChI=1S/C12H12N2O5S2/c1-12(2)5-6(20-8-7(12)21-11(19)13-8)10(18)14(9(5)17)3-4(15)16/h5-6H,3H2,1-2H3,(H,13,19)(H,15,16)/t5-,6-/m1/s1. The van der Waals surface area contributed by atoms with Gasteiger partial charge in [-0.1, -0.05) is 36.9 Å². The maximum Gasteiger partial charge on any atom is 0.323 e. The Morgan fingerprint density at radius 3 is 2.62 bits per heavy atom. The summed E-state index contributed by atoms with van der Waals surface area (Å²) < 4.78 is 0. The zero-order valence-electron chi connectivity index (χ0n) is 11.2. The van der Waals surface area contributed by atoms with Crippen LogP contribution < -0.4 is 4.87 Å². The number of carboxylic acid groups (broad SMARTS) is 1. The van der Waals surface area contributed by atoms with Crippen LogP contribution in [0.1, 0.15) is 18.7 Å². The molecule has 2 amide bonds. The first-order chi connectivity index (χ1) is 9.73. The number of nitrogens with one attached hydrogen (secondary N) is 1. The first-order valence-corrected chi connectivity index (χ1v) is 7.90. The number of rotatable bonds is 2. The molecule has 0 unspecified atom stereocenters. The molecule has 0 aromatic carbocycles. The number of nitrogens with zero attached hydrogens (tertiary/aromatic N) is 1. The Kier molecular flexibility index (Phi) is 3.03. The summed E-state index contributed by atoms with van der Waals surface area (Å²) in [5.41, 5.74) is -0.685. The van der Waals surface area contributed by atoms with Crippen LogP contribution in [0.4, 0.5) is 0 Å². The normalized spacial score (nSPS) is 26.7. The van der Waals surface area contributed by atoms with Gasteiger partial charge in [-0.15, -0.1) is 0 Å². The average molecular weight is 328 g/mol. The number of aromatic nitrogens is 1. The van der Waals surface area contributed by atoms with Crippen molar-refractivity contribution in [3.8, 4) is 0 Å². The van der Waals surface area contributed by atoms with Gasteiger partial charge in [-0.3, -0.25) is 24.1 Å². The summed E-state index contributed by atoms with van der Waals surface area (Å²) in [7, 11) is 0. The SMILES string of the molecule is CC1(C)c2sc(=O)[nH]c2S[C@H]2C(=O)N(CC(=O)O)C(=O)[C@@H]21. The molecule has 3 rings (SSSR count). The summed E-state index contributed by atoms with van der Waals surface area (Å²) in [5, 5.41) is 8.77. The second kappa shape index (κ2) is 4.44. The van der Waals surface area contributed by atoms with E-state index in [1.165, 1.54) is 0 Å². The van der Waals surface area contributed by atoms with E-state index in [4.69, 9.17) is 5.11 Å². The lowest BCUT2D eigenvalue weighted by Crippen LogP contribution is -2.41. The van der Waals surface area contributed by atoms with Gasteiger partial charge in [0.2, 0.25) is 11.8 Å². The van der Waals surface area contributed by atoms with Crippen molar-refractivity contribution in [2.75, 3.05) is 6.54 Å². The number of hydrogen-bond donors (Lipinski definition) is 2. The first-order valence-electron chi connectivity index (χ1n) is 6.20. The molecule has 2 atom stereocenters. The largest absolute Gasteiger partial charge is 0.480 e. The molecule has 2 aliphatic rings. The van der Waals surface area contributed by atoms with E-state index in [9.17, 15) is 19.2 Å². The van der Waals surface area contributed by atoms with Crippen LogP contribution in [0.15, 0.2) is 9.82 Å². The topological polar surface area (TPSA) is 108 Å². The van der Waals surface area contributed by atoms with Crippen molar-refractivity contribution in [1.29, 1.82) is 0 Å². The summed E-state index contributed by atoms with van der Waals surface area (Å²) in [6, 6.07) is 0. The van der Waals surface area contributed by atoms with Crippen molar-refractivity contribution in [2.45, 2.75) is 29.5 Å². The number of carboxylic acids is 1. The molecule has 2 aliphatic heterocycles. The molecule has 0 spiro atoms. The highest BCUT2D eigenvalue weighted by Gasteiger charge is 2.59. The van der Waals surface area contributed by atoms with Crippen molar-refractivity contribution in [2.24, 2.45) is 5.92 Å². The molecule has 1 aromatic rings. The fourth-order valence-corrected chi connectivity index (χ4v) is 5.69. The maximum absolute atomic E-state index is 12.5. The van der Waals surface area contributed by atoms with Crippen LogP contribution in [-0.2, 0) is 19.8 Å². The number of imide groups is 1. The van der Waals surface area contributed by atoms with Crippen molar-refractivity contribution >= 4 is 40.9 Å². The summed E-state index contributed by atoms with van der Waals surface area (Å²) in [6.07, 6.45) is 0. The van der Waals surface area contributed by atoms with Gasteiger partial charge in [0.05, 0.1) is 10.9 Å². The third-order valence-electron chi connectivity index (χ3n) is 3.86. The third kappa shape index (κ3) is 1.95. The smallest absolute Gasteiger partial charge is 0.323 e. The van der Waals surface area contributed by atoms with E-state index in [0.717, 1.165) is 32.9 Å². The predicted octanol–water partition coefficient (Wildman–Crippen LogP) is 0.258. The average Bonchev–Trinajstić information content (AvgIpc) is 2.84. The van der Waals surface area contributed by atoms with Gasteiger partial charge in [0.1, 0.15) is 11.8 Å². The Labute approximate surface area is 127 Å². The maximum atomic E-state index is 12.5. The van der Waals surface area contributed by atoms with Crippen molar-refractivity contribution in [3.63, 3.8) is 0 Å². The van der Waals surface area contributed by atoms with Gasteiger partial charge in [-0.2, -0.15) is 0 Å². The van der Waals surface area contributed by atoms with E-state index < -0.39 is 40.9 Å². The zero-order valence-corrected chi connectivity index (χ0v) is 12.8. The minimum atomic E-state index is -1.22. The second-order valence-electron chi connectivity index (χ2n) is 5.57. The lowest BCUT2D eigenvalue weighted by molar-refractivity contribution is -0.149. The van der Waals surface area contributed by atoms with Gasteiger partial charge in [-0.05, 0) is 0 Å². The van der Waals surface area contributed by atoms with Gasteiger partial charge in [-0.25, -0.2) is 0 Å². The lowest BCUT2D eigenvalue weighted by atomic mass is 9.76. The third-order valence-corrected chi connectivity index (χ3v) is 6.48. The van der Waals surface area contributed by atoms with Gasteiger partial charge in [0, 0.05) is 10.3 Å². The Hall–Kier alpha value is -1.61. The first kappa shape index (κ1) is 14.3. The molecule has 112 valence electrons. The molecule has 1 fully saturated rings. The molecular weight excluding hydrogens is 316 g/mol. The van der Waals surface area contributed by atoms with Crippen molar-refractivity contribution in [3.05, 3.63) is 14.5 Å². The Morgan fingerprint density at radius 2 is 2.00 bits per heavy atom. The molecule has 0 aliphatic carbocycles. The van der Waals surface area contributed by atoms with E-state index in [1.54, 1.807) is 0 Å². The van der Waals surface area contributed by atoms with E-state index in [0.29, 0.717) is 5.03 Å². The quantitative estimate of drug-likeness (QED) is 0.754. The van der Waals surface area contributed by atoms with Crippen molar-refractivity contribution < 1.29 is 19.5 Å². The van der Waals surface area contributed by atoms with Crippen molar-refractivity contribution in [1.82, 2.24) is 9.88 Å². The molecule has 7 nitrogen and oxygen atoms in total. The number of hydrogen-bond acceptors (Lipinski definition) is 6. The van der Waals surface area contributed by atoms with E-state index in [1.807, 2.05) is 13.8 Å². The van der Waals surface area contributed by atoms with Crippen LogP contribution in [0.3, 0.4) is 0 Å². The molecule has 3 heterocycles. The molecular formula is C12H12N2O5S2. The Balaban J connectivity index is 2.07. The van der Waals surface area contributed by atoms with E-state index >= 15 is 0 Å². The highest BCUT2D eigenvalue weighted by atomic mass is 32.2. The van der Waals surface area contributed by atoms with Crippen LogP contribution >= 0.6 is 23.1 Å². The number of thiazole rings is 1. The minimum absolute atomic E-state index is 0.220. The molecule has 1 saturated heterocycles. The minimum Gasteiger partial charge on any atom is -0.480 e. The van der Waals surface area contributed by atoms with Gasteiger partial charge >= 0.3 is 10.8 Å². The zero-order chi connectivity index (χ0) is 15.5. The monoisotopic (exact) mass is 328 g/mol. The van der Waals surface area contributed by atoms with Gasteiger partial charge in [0.15, 0.2) is 0 Å². The van der Waals surface area contributed by atoms with Crippen LogP contribution in [0.25, 0.3) is 0 Å². The van der Waals surface area contributed by atoms with Crippen LogP contribution in [0.5, 0.6) is 0 Å². The summed E-state index contributed by atoms with van der Waals surface area (Å²) in [6.45, 7) is 3.00. The number of aromatic amines is 1. The number of thioether (sulfide) groups is 1. The molecule has 0 saturated carbocycles. The highest BCUT2D eigenvalue weighted by molar-refractivity contribution is 8.00. The van der Waals surface area contributed by atoms with Gasteiger partial charge in [0.25, 0.3) is 0 Å². The molecule has 0 radical (unpaired) electrons. The number of fused-ring (bicyclic) bond motifs is 2. The highest BCUT2D eigenvalue weighted by Crippen LogP contribution is 2.52. The number of aliphatic carboxylic acids is 1. The lowest BCUT2D eigenvalue weighted by Gasteiger charge is -2.36. The number of likely N-dealkylation sites (tertiary alicyclic amines) is 1. The van der Waals surface area contributed by atoms with E-state index in [-0.39, 0.29) is 4.87 Å². The number of carbonyl (C=O) groups excluding carboxylic acids is 2. The summed E-state index contributed by atoms with van der Waals surface area (Å²) in [4.78, 5) is 51.2. The molecule has 2 N–H and O–H groups in total. The fourth-order valence-electron chi connectivity index (χ4n) is 2.89. The summed E-state index contributed by atoms with van der Waals surface area (Å²) in [5.74, 6) is -2.84. The number of H-pyrrole nitrogens is 1. The van der Waals surface area contributed by atoms with Crippen LogP contribution in [-0.4, -0.2) is 44.6 Å². The van der Waals surface area contributed by atoms with Crippen LogP contribution in [0.2, 0.25) is 0 Å². The second-order valence-corrected chi connectivity index (χ2v) is 7.70. The molecule has 1 aromatic heterocycles. The number of amides is 2. The fraction of sp³-hybridized carbons (Fsp3) is 0.500. The van der Waals surface area contributed by atoms with E-state index in [2.05, 4.69) is 4.98 Å². The Bertz CT molecular complexity index is 719. The molecule has 0 bridgehead atoms. The van der Waals surface area contributed by atoms with Gasteiger partial charge < -0.3 is 10.1 Å². The predicted molar refractivity (Wildman–Crippen MR) is 75.5 cm³/mol. The molecule has 9 heteroatoms. The number of carbonyl (C=O) groups is 3. The summed E-state index contributed by atoms with van der Waals surface area (Å²) >= 11 is 2.18.